The fourth-order valence-corrected chi connectivity index (χ4v) is 1.39. The Morgan fingerprint density at radius 2 is 1.12 bits per heavy atom. The van der Waals surface area contributed by atoms with Gasteiger partial charge < -0.3 is 19.3 Å². The number of hydrogen-bond acceptors (Lipinski definition) is 7. The van der Waals surface area contributed by atoms with E-state index < -0.39 is 35.4 Å². The van der Waals surface area contributed by atoms with Crippen LogP contribution < -0.4 is 0 Å². The van der Waals surface area contributed by atoms with Gasteiger partial charge in [0, 0.05) is 16.7 Å². The molecule has 0 amide bonds. The molecule has 0 aromatic heterocycles. The summed E-state index contributed by atoms with van der Waals surface area (Å²) in [4.78, 5) is 35.8. The molecule has 25 heavy (non-hydrogen) atoms. The molecule has 0 aromatic carbocycles. The summed E-state index contributed by atoms with van der Waals surface area (Å²) in [6, 6.07) is 0. The normalized spacial score (nSPS) is 13.4. The molecule has 0 aliphatic heterocycles. The first-order valence-corrected chi connectivity index (χ1v) is 7.47. The van der Waals surface area contributed by atoms with Crippen LogP contribution in [0, 0.1) is 0 Å². The van der Waals surface area contributed by atoms with E-state index in [0.29, 0.717) is 0 Å². The Morgan fingerprint density at radius 1 is 0.800 bits per heavy atom. The molecule has 140 valence electrons. The van der Waals surface area contributed by atoms with E-state index in [2.05, 4.69) is 19.7 Å². The molecule has 0 aliphatic carbocycles. The maximum Gasteiger partial charge on any atom is 0.336 e. The van der Waals surface area contributed by atoms with E-state index >= 15 is 0 Å². The molecule has 0 spiro atoms. The Morgan fingerprint density at radius 3 is 1.36 bits per heavy atom. The lowest BCUT2D eigenvalue weighted by Crippen LogP contribution is -2.61. The van der Waals surface area contributed by atoms with Gasteiger partial charge in [0.25, 0.3) is 6.29 Å². The smallest absolute Gasteiger partial charge is 0.336 e. The zero-order chi connectivity index (χ0) is 20.2. The first-order chi connectivity index (χ1) is 11.1. The van der Waals surface area contributed by atoms with Gasteiger partial charge in [-0.2, -0.15) is 0 Å². The molecule has 1 atom stereocenters. The quantitative estimate of drug-likeness (QED) is 0.405. The average molecular weight is 354 g/mol. The number of aliphatic hydroxyl groups is 1. The zero-order valence-corrected chi connectivity index (χ0v) is 15.6. The molecular formula is C18H26O7. The van der Waals surface area contributed by atoms with Crippen molar-refractivity contribution in [2.24, 2.45) is 0 Å². The summed E-state index contributed by atoms with van der Waals surface area (Å²) in [5, 5.41) is 10.5. The van der Waals surface area contributed by atoms with Gasteiger partial charge in [0.2, 0.25) is 5.60 Å². The predicted molar refractivity (Wildman–Crippen MR) is 91.2 cm³/mol. The SMILES string of the molecule is C=C(C)C(=O)OC(OC(=O)C(=C)C)C(C)(OC(=O)C(=C)C)C(C)(C)O. The van der Waals surface area contributed by atoms with Gasteiger partial charge >= 0.3 is 17.9 Å². The molecule has 0 radical (unpaired) electrons. The van der Waals surface area contributed by atoms with Crippen molar-refractivity contribution in [3.63, 3.8) is 0 Å². The highest BCUT2D eigenvalue weighted by molar-refractivity contribution is 5.89. The van der Waals surface area contributed by atoms with Crippen molar-refractivity contribution < 1.29 is 33.7 Å². The van der Waals surface area contributed by atoms with E-state index in [1.165, 1.54) is 41.5 Å². The number of carbonyl (C=O) groups is 3. The Kier molecular flexibility index (Phi) is 7.33. The number of carbonyl (C=O) groups excluding carboxylic acids is 3. The second-order valence-electron chi connectivity index (χ2n) is 6.54. The fourth-order valence-electron chi connectivity index (χ4n) is 1.39. The number of esters is 3. The third kappa shape index (κ3) is 5.86. The number of hydrogen-bond donors (Lipinski definition) is 1. The lowest BCUT2D eigenvalue weighted by atomic mass is 9.86. The van der Waals surface area contributed by atoms with Gasteiger partial charge in [0.15, 0.2) is 0 Å². The standard InChI is InChI=1S/C18H26O7/c1-10(2)13(19)23-16(24-14(20)11(3)4)18(9,17(7,8)22)25-15(21)12(5)6/h16,22H,1,3,5H2,2,4,6-9H3. The van der Waals surface area contributed by atoms with Crippen molar-refractivity contribution >= 4 is 17.9 Å². The average Bonchev–Trinajstić information content (AvgIpc) is 2.44. The highest BCUT2D eigenvalue weighted by atomic mass is 16.7. The molecule has 0 fully saturated rings. The summed E-state index contributed by atoms with van der Waals surface area (Å²) in [5.41, 5.74) is -3.58. The fraction of sp³-hybridized carbons (Fsp3) is 0.500. The van der Waals surface area contributed by atoms with Crippen molar-refractivity contribution in [2.45, 2.75) is 59.0 Å². The summed E-state index contributed by atoms with van der Waals surface area (Å²) in [5.74, 6) is -2.63. The maximum atomic E-state index is 12.0. The van der Waals surface area contributed by atoms with Crippen LogP contribution in [0.3, 0.4) is 0 Å². The van der Waals surface area contributed by atoms with E-state index in [1.54, 1.807) is 0 Å². The minimum Gasteiger partial charge on any atom is -0.445 e. The van der Waals surface area contributed by atoms with Gasteiger partial charge in [0.05, 0.1) is 0 Å². The molecule has 1 unspecified atom stereocenters. The zero-order valence-electron chi connectivity index (χ0n) is 15.6. The first kappa shape index (κ1) is 22.6. The van der Waals surface area contributed by atoms with Crippen molar-refractivity contribution in [1.82, 2.24) is 0 Å². The van der Waals surface area contributed by atoms with Gasteiger partial charge in [0.1, 0.15) is 5.60 Å². The lowest BCUT2D eigenvalue weighted by Gasteiger charge is -2.43. The van der Waals surface area contributed by atoms with Crippen molar-refractivity contribution in [2.75, 3.05) is 0 Å². The summed E-state index contributed by atoms with van der Waals surface area (Å²) < 4.78 is 15.5. The largest absolute Gasteiger partial charge is 0.445 e. The van der Waals surface area contributed by atoms with Crippen molar-refractivity contribution in [3.8, 4) is 0 Å². The topological polar surface area (TPSA) is 99.1 Å². The molecule has 0 saturated carbocycles. The Hall–Kier alpha value is -2.41. The minimum atomic E-state index is -1.93. The molecule has 0 heterocycles. The van der Waals surface area contributed by atoms with Crippen LogP contribution in [0.1, 0.15) is 41.5 Å². The molecule has 7 nitrogen and oxygen atoms in total. The van der Waals surface area contributed by atoms with Gasteiger partial charge in [-0.25, -0.2) is 14.4 Å². The highest BCUT2D eigenvalue weighted by Gasteiger charge is 2.54. The predicted octanol–water partition coefficient (Wildman–Crippen LogP) is 2.20. The van der Waals surface area contributed by atoms with Crippen LogP contribution in [-0.2, 0) is 28.6 Å². The van der Waals surface area contributed by atoms with Crippen LogP contribution in [0.5, 0.6) is 0 Å². The van der Waals surface area contributed by atoms with Gasteiger partial charge in [-0.1, -0.05) is 19.7 Å². The van der Waals surface area contributed by atoms with Crippen LogP contribution in [0.25, 0.3) is 0 Å². The molecular weight excluding hydrogens is 328 g/mol. The Labute approximate surface area is 147 Å². The maximum absolute atomic E-state index is 12.0. The van der Waals surface area contributed by atoms with E-state index in [9.17, 15) is 19.5 Å². The summed E-state index contributed by atoms with van der Waals surface area (Å²) in [7, 11) is 0. The number of rotatable bonds is 8. The van der Waals surface area contributed by atoms with Crippen LogP contribution in [-0.4, -0.2) is 40.5 Å². The van der Waals surface area contributed by atoms with Crippen LogP contribution in [0.15, 0.2) is 36.5 Å². The van der Waals surface area contributed by atoms with E-state index in [1.807, 2.05) is 0 Å². The molecule has 0 aliphatic rings. The summed E-state index contributed by atoms with van der Waals surface area (Å²) >= 11 is 0. The van der Waals surface area contributed by atoms with E-state index in [4.69, 9.17) is 14.2 Å². The van der Waals surface area contributed by atoms with E-state index in [0.717, 1.165) is 0 Å². The monoisotopic (exact) mass is 354 g/mol. The minimum absolute atomic E-state index is 0.0284. The molecule has 0 bridgehead atoms. The Bertz CT molecular complexity index is 581. The van der Waals surface area contributed by atoms with Gasteiger partial charge in [-0.15, -0.1) is 0 Å². The highest BCUT2D eigenvalue weighted by Crippen LogP contribution is 2.33. The third-order valence-electron chi connectivity index (χ3n) is 3.44. The van der Waals surface area contributed by atoms with Crippen molar-refractivity contribution in [3.05, 3.63) is 36.5 Å². The Balaban J connectivity index is 6.04. The van der Waals surface area contributed by atoms with E-state index in [-0.39, 0.29) is 16.7 Å². The molecule has 0 aromatic rings. The second-order valence-corrected chi connectivity index (χ2v) is 6.54. The third-order valence-corrected chi connectivity index (χ3v) is 3.44. The van der Waals surface area contributed by atoms with Gasteiger partial charge in [-0.3, -0.25) is 0 Å². The van der Waals surface area contributed by atoms with Crippen LogP contribution in [0.4, 0.5) is 0 Å². The van der Waals surface area contributed by atoms with Crippen molar-refractivity contribution in [1.29, 1.82) is 0 Å². The lowest BCUT2D eigenvalue weighted by molar-refractivity contribution is -0.268. The molecule has 0 rings (SSSR count). The summed E-state index contributed by atoms with van der Waals surface area (Å²) in [6.07, 6.45) is -1.75. The second kappa shape index (κ2) is 8.11. The summed E-state index contributed by atoms with van der Waals surface area (Å²) in [6.45, 7) is 18.4. The van der Waals surface area contributed by atoms with Gasteiger partial charge in [-0.05, 0) is 41.5 Å². The molecule has 7 heteroatoms. The first-order valence-electron chi connectivity index (χ1n) is 7.47. The molecule has 1 N–H and O–H groups in total. The van der Waals surface area contributed by atoms with Crippen LogP contribution >= 0.6 is 0 Å². The number of ether oxygens (including phenoxy) is 3. The molecule has 0 saturated heterocycles. The van der Waals surface area contributed by atoms with Crippen LogP contribution in [0.2, 0.25) is 0 Å².